The minimum atomic E-state index is 0.135. The van der Waals surface area contributed by atoms with E-state index in [1.54, 1.807) is 0 Å². The van der Waals surface area contributed by atoms with Gasteiger partial charge in [-0.25, -0.2) is 0 Å². The van der Waals surface area contributed by atoms with Gasteiger partial charge in [-0.05, 0) is 37.6 Å². The summed E-state index contributed by atoms with van der Waals surface area (Å²) < 4.78 is 0. The Kier molecular flexibility index (Phi) is 3.22. The van der Waals surface area contributed by atoms with Crippen LogP contribution in [0.5, 0.6) is 0 Å². The molecule has 0 fully saturated rings. The molecule has 0 bridgehead atoms. The molecule has 2 aromatic carbocycles. The van der Waals surface area contributed by atoms with Crippen molar-refractivity contribution in [3.63, 3.8) is 0 Å². The van der Waals surface area contributed by atoms with E-state index in [-0.39, 0.29) is 5.91 Å². The average Bonchev–Trinajstić information content (AvgIpc) is 2.92. The maximum Gasteiger partial charge on any atom is 0.254 e. The number of H-pyrrole nitrogens is 1. The van der Waals surface area contributed by atoms with Crippen LogP contribution >= 0.6 is 0 Å². The largest absolute Gasteiger partial charge is 0.358 e. The highest BCUT2D eigenvalue weighted by Gasteiger charge is 2.25. The van der Waals surface area contributed by atoms with Gasteiger partial charge in [0.15, 0.2) is 0 Å². The highest BCUT2D eigenvalue weighted by Crippen LogP contribution is 2.29. The monoisotopic (exact) mass is 304 g/mol. The minimum absolute atomic E-state index is 0.135. The molecular weight excluding hydrogens is 284 g/mol. The molecule has 3 heteroatoms. The molecule has 0 saturated heterocycles. The lowest BCUT2D eigenvalue weighted by atomic mass is 10.0. The van der Waals surface area contributed by atoms with Gasteiger partial charge in [-0.15, -0.1) is 0 Å². The van der Waals surface area contributed by atoms with E-state index in [2.05, 4.69) is 30.1 Å². The summed E-state index contributed by atoms with van der Waals surface area (Å²) in [6.07, 6.45) is 0.890. The smallest absolute Gasteiger partial charge is 0.254 e. The van der Waals surface area contributed by atoms with Crippen LogP contribution in [-0.4, -0.2) is 22.3 Å². The molecular formula is C20H20N2O. The number of aryl methyl sites for hydroxylation is 2. The number of nitrogens with one attached hydrogen (secondary N) is 1. The van der Waals surface area contributed by atoms with E-state index in [4.69, 9.17) is 0 Å². The number of rotatable bonds is 1. The van der Waals surface area contributed by atoms with Crippen LogP contribution in [0.25, 0.3) is 10.9 Å². The Morgan fingerprint density at radius 3 is 2.78 bits per heavy atom. The van der Waals surface area contributed by atoms with E-state index < -0.39 is 0 Å². The van der Waals surface area contributed by atoms with Crippen molar-refractivity contribution in [2.24, 2.45) is 0 Å². The van der Waals surface area contributed by atoms with Crippen LogP contribution in [0.3, 0.4) is 0 Å². The Balaban J connectivity index is 1.71. The molecule has 3 aromatic rings. The molecule has 0 spiro atoms. The zero-order valence-corrected chi connectivity index (χ0v) is 13.5. The van der Waals surface area contributed by atoms with E-state index in [1.807, 2.05) is 36.1 Å². The highest BCUT2D eigenvalue weighted by molar-refractivity contribution is 5.96. The molecule has 0 saturated carbocycles. The lowest BCUT2D eigenvalue weighted by Crippen LogP contribution is -2.36. The Morgan fingerprint density at radius 1 is 1.13 bits per heavy atom. The van der Waals surface area contributed by atoms with Crippen molar-refractivity contribution in [2.75, 3.05) is 6.54 Å². The van der Waals surface area contributed by atoms with Crippen molar-refractivity contribution in [3.8, 4) is 0 Å². The molecule has 2 heterocycles. The van der Waals surface area contributed by atoms with E-state index in [9.17, 15) is 4.79 Å². The second-order valence-corrected chi connectivity index (χ2v) is 6.42. The van der Waals surface area contributed by atoms with Crippen molar-refractivity contribution in [1.82, 2.24) is 9.88 Å². The normalized spacial score (nSPS) is 14.1. The third-order valence-electron chi connectivity index (χ3n) is 4.79. The zero-order chi connectivity index (χ0) is 16.0. The van der Waals surface area contributed by atoms with Crippen molar-refractivity contribution in [2.45, 2.75) is 26.8 Å². The van der Waals surface area contributed by atoms with Gasteiger partial charge in [0.1, 0.15) is 0 Å². The molecule has 1 aromatic heterocycles. The summed E-state index contributed by atoms with van der Waals surface area (Å²) in [7, 11) is 0. The molecule has 23 heavy (non-hydrogen) atoms. The molecule has 1 amide bonds. The van der Waals surface area contributed by atoms with Gasteiger partial charge in [0.05, 0.1) is 0 Å². The van der Waals surface area contributed by atoms with Gasteiger partial charge in [0.2, 0.25) is 0 Å². The number of fused-ring (bicyclic) bond motifs is 3. The molecule has 0 aliphatic carbocycles. The number of benzene rings is 2. The number of hydrogen-bond acceptors (Lipinski definition) is 1. The maximum atomic E-state index is 12.9. The third kappa shape index (κ3) is 2.33. The molecule has 1 aliphatic heterocycles. The van der Waals surface area contributed by atoms with E-state index in [0.717, 1.165) is 24.1 Å². The molecule has 4 rings (SSSR count). The fraction of sp³-hybridized carbons (Fsp3) is 0.250. The second-order valence-electron chi connectivity index (χ2n) is 6.42. The lowest BCUT2D eigenvalue weighted by Gasteiger charge is -2.28. The first kappa shape index (κ1) is 14.1. The molecule has 1 N–H and O–H groups in total. The summed E-state index contributed by atoms with van der Waals surface area (Å²) in [5, 5.41) is 1.25. The first-order chi connectivity index (χ1) is 11.1. The van der Waals surface area contributed by atoms with Crippen molar-refractivity contribution in [1.29, 1.82) is 0 Å². The fourth-order valence-corrected chi connectivity index (χ4v) is 3.48. The van der Waals surface area contributed by atoms with Gasteiger partial charge in [-0.2, -0.15) is 0 Å². The van der Waals surface area contributed by atoms with Crippen LogP contribution in [0.4, 0.5) is 0 Å². The summed E-state index contributed by atoms with van der Waals surface area (Å²) in [6, 6.07) is 14.3. The van der Waals surface area contributed by atoms with Gasteiger partial charge in [0.25, 0.3) is 5.91 Å². The second kappa shape index (κ2) is 5.27. The van der Waals surface area contributed by atoms with Crippen molar-refractivity contribution < 1.29 is 4.79 Å². The fourth-order valence-electron chi connectivity index (χ4n) is 3.48. The predicted octanol–water partition coefficient (Wildman–Crippen LogP) is 3.98. The minimum Gasteiger partial charge on any atom is -0.358 e. The Bertz CT molecular complexity index is 907. The number of carbonyl (C=O) groups is 1. The van der Waals surface area contributed by atoms with E-state index in [1.165, 1.54) is 27.7 Å². The number of aromatic amines is 1. The maximum absolute atomic E-state index is 12.9. The molecule has 3 nitrogen and oxygen atoms in total. The Labute approximate surface area is 135 Å². The van der Waals surface area contributed by atoms with Crippen LogP contribution in [-0.2, 0) is 13.0 Å². The molecule has 1 aliphatic rings. The van der Waals surface area contributed by atoms with Gasteiger partial charge in [-0.3, -0.25) is 4.79 Å². The summed E-state index contributed by atoms with van der Waals surface area (Å²) in [6.45, 7) is 5.56. The SMILES string of the molecule is Cc1ccc2[nH]c3c(c2c1)CN(C(=O)c1ccccc1C)CC3. The number of nitrogens with zero attached hydrogens (tertiary/aromatic N) is 1. The predicted molar refractivity (Wildman–Crippen MR) is 92.7 cm³/mol. The highest BCUT2D eigenvalue weighted by atomic mass is 16.2. The van der Waals surface area contributed by atoms with Crippen LogP contribution in [0.2, 0.25) is 0 Å². The lowest BCUT2D eigenvalue weighted by molar-refractivity contribution is 0.0734. The first-order valence-electron chi connectivity index (χ1n) is 8.08. The van der Waals surface area contributed by atoms with Crippen molar-refractivity contribution >= 4 is 16.8 Å². The molecule has 0 atom stereocenters. The van der Waals surface area contributed by atoms with Gasteiger partial charge in [0, 0.05) is 47.2 Å². The topological polar surface area (TPSA) is 36.1 Å². The van der Waals surface area contributed by atoms with E-state index in [0.29, 0.717) is 6.54 Å². The van der Waals surface area contributed by atoms with Crippen molar-refractivity contribution in [3.05, 3.63) is 70.4 Å². The number of amides is 1. The first-order valence-corrected chi connectivity index (χ1v) is 8.08. The Hall–Kier alpha value is -2.55. The van der Waals surface area contributed by atoms with Crippen LogP contribution in [0.15, 0.2) is 42.5 Å². The summed E-state index contributed by atoms with van der Waals surface area (Å²) in [5.74, 6) is 0.135. The molecule has 116 valence electrons. The van der Waals surface area contributed by atoms with Gasteiger partial charge >= 0.3 is 0 Å². The number of carbonyl (C=O) groups excluding carboxylic acids is 1. The summed E-state index contributed by atoms with van der Waals surface area (Å²) >= 11 is 0. The quantitative estimate of drug-likeness (QED) is 0.725. The molecule has 0 unspecified atom stereocenters. The standard InChI is InChI=1S/C20H20N2O/c1-13-7-8-18-16(11-13)17-12-22(10-9-19(17)21-18)20(23)15-6-4-3-5-14(15)2/h3-8,11,21H,9-10,12H2,1-2H3. The zero-order valence-electron chi connectivity index (χ0n) is 13.5. The van der Waals surface area contributed by atoms with E-state index >= 15 is 0 Å². The van der Waals surface area contributed by atoms with Crippen LogP contribution < -0.4 is 0 Å². The Morgan fingerprint density at radius 2 is 1.96 bits per heavy atom. The van der Waals surface area contributed by atoms with Gasteiger partial charge < -0.3 is 9.88 Å². The third-order valence-corrected chi connectivity index (χ3v) is 4.79. The number of hydrogen-bond donors (Lipinski definition) is 1. The van der Waals surface area contributed by atoms with Crippen LogP contribution in [0.1, 0.15) is 32.7 Å². The summed E-state index contributed by atoms with van der Waals surface area (Å²) in [5.41, 5.74) is 6.83. The van der Waals surface area contributed by atoms with Gasteiger partial charge in [-0.1, -0.05) is 29.8 Å². The van der Waals surface area contributed by atoms with Crippen LogP contribution in [0, 0.1) is 13.8 Å². The molecule has 0 radical (unpaired) electrons. The average molecular weight is 304 g/mol. The summed E-state index contributed by atoms with van der Waals surface area (Å²) in [4.78, 5) is 18.4. The number of aromatic nitrogens is 1.